The zero-order valence-corrected chi connectivity index (χ0v) is 54.0. The predicted octanol–water partition coefficient (Wildman–Crippen LogP) is 3.59. The molecule has 486 valence electrons. The number of amides is 10. The monoisotopic (exact) mass is 1240 g/mol. The minimum Gasteiger partial charge on any atom is -0.350 e. The van der Waals surface area contributed by atoms with E-state index < -0.39 is 94.6 Å². The van der Waals surface area contributed by atoms with Crippen LogP contribution >= 0.6 is 0 Å². The highest BCUT2D eigenvalue weighted by Gasteiger charge is 2.48. The Kier molecular flexibility index (Phi) is 22.5. The molecule has 22 nitrogen and oxygen atoms in total. The van der Waals surface area contributed by atoms with E-state index in [9.17, 15) is 47.9 Å². The molecule has 2 aliphatic heterocycles. The highest BCUT2D eigenvalue weighted by Crippen LogP contribution is 2.35. The van der Waals surface area contributed by atoms with Crippen molar-refractivity contribution >= 4 is 64.6 Å². The third kappa shape index (κ3) is 16.9. The minimum absolute atomic E-state index is 0.0114. The Morgan fingerprint density at radius 2 is 1.10 bits per heavy atom. The molecule has 8 rings (SSSR count). The van der Waals surface area contributed by atoms with Gasteiger partial charge in [-0.25, -0.2) is 0 Å². The van der Waals surface area contributed by atoms with Crippen molar-refractivity contribution in [3.63, 3.8) is 0 Å². The standard InChI is InChI=1S/C68H94N12O10/c1-39(69-9)59(83)77-57(67(3,4)5)65(89)79-37-47(33-53(79)63(87)75-51-23-15-19-43-17-11-13-21-49(43)51)73-55(81)35-71-61(85)45-29-25-41(26-30-45)42-27-31-46(32-28-42)62(86)72-36-56(82)74-48-34-54(64(88)76-52-24-16-20-44-18-12-14-22-50(44)52)80(38-48)66(90)58(68(6,7)8)78-60(84)40(2)70-10/h11-13,17-18,21,25,27-29,31-32,39-40,47-48,51-54,57-58,69-70H,14-16,19-20,22-24,26,30,33-38H2,1-10H3,(H,71,85)(H,72,86)(H,73,81)(H,74,82)(H,75,87)(H,76,88)(H,77,83)(H,78,84)/t39-,40-,47-,48-,51+,52+,53-,54-,57+,58+/m0/s1. The van der Waals surface area contributed by atoms with E-state index in [4.69, 9.17) is 0 Å². The molecule has 2 fully saturated rings. The predicted molar refractivity (Wildman–Crippen MR) is 342 cm³/mol. The van der Waals surface area contributed by atoms with Gasteiger partial charge in [-0.2, -0.15) is 0 Å². The number of benzene rings is 2. The highest BCUT2D eigenvalue weighted by atomic mass is 16.2. The fourth-order valence-electron chi connectivity index (χ4n) is 12.9. The van der Waals surface area contributed by atoms with Gasteiger partial charge in [0, 0.05) is 36.3 Å². The van der Waals surface area contributed by atoms with Crippen molar-refractivity contribution in [2.45, 2.75) is 193 Å². The second-order valence-electron chi connectivity index (χ2n) is 27.1. The zero-order valence-electron chi connectivity index (χ0n) is 54.0. The fraction of sp³-hybridized carbons (Fsp3) is 0.559. The van der Waals surface area contributed by atoms with Crippen LogP contribution in [0.5, 0.6) is 0 Å². The number of likely N-dealkylation sites (N-methyl/N-ethyl adjacent to an activating group) is 2. The Morgan fingerprint density at radius 3 is 1.63 bits per heavy atom. The molecule has 2 heterocycles. The molecule has 10 atom stereocenters. The third-order valence-corrected chi connectivity index (χ3v) is 18.4. The molecule has 0 spiro atoms. The molecule has 4 aliphatic carbocycles. The Hall–Kier alpha value is -7.98. The number of hydrogen-bond acceptors (Lipinski definition) is 12. The van der Waals surface area contributed by atoms with Crippen LogP contribution in [-0.4, -0.2) is 164 Å². The van der Waals surface area contributed by atoms with Gasteiger partial charge < -0.3 is 63.0 Å². The summed E-state index contributed by atoms with van der Waals surface area (Å²) >= 11 is 0. The largest absolute Gasteiger partial charge is 0.350 e. The van der Waals surface area contributed by atoms with Crippen LogP contribution in [-0.2, 0) is 49.6 Å². The molecule has 6 aliphatic rings. The van der Waals surface area contributed by atoms with Crippen LogP contribution in [0, 0.1) is 10.8 Å². The summed E-state index contributed by atoms with van der Waals surface area (Å²) in [4.78, 5) is 141. The lowest BCUT2D eigenvalue weighted by Gasteiger charge is -2.36. The van der Waals surface area contributed by atoms with E-state index in [1.54, 1.807) is 58.3 Å². The van der Waals surface area contributed by atoms with Gasteiger partial charge >= 0.3 is 0 Å². The average molecular weight is 1240 g/mol. The number of carbonyl (C=O) groups is 10. The summed E-state index contributed by atoms with van der Waals surface area (Å²) in [6.45, 7) is 13.8. The molecule has 0 radical (unpaired) electrons. The highest BCUT2D eigenvalue weighted by molar-refractivity contribution is 5.99. The van der Waals surface area contributed by atoms with Gasteiger partial charge in [0.15, 0.2) is 0 Å². The summed E-state index contributed by atoms with van der Waals surface area (Å²) in [7, 11) is 3.30. The molecular weight excluding hydrogens is 1140 g/mol. The number of rotatable bonds is 21. The van der Waals surface area contributed by atoms with E-state index >= 15 is 0 Å². The van der Waals surface area contributed by atoms with E-state index in [0.29, 0.717) is 24.0 Å². The molecule has 10 amide bonds. The maximum Gasteiger partial charge on any atom is 0.251 e. The van der Waals surface area contributed by atoms with Crippen molar-refractivity contribution < 1.29 is 47.9 Å². The first-order valence-electron chi connectivity index (χ1n) is 32.0. The number of carbonyl (C=O) groups excluding carboxylic acids is 10. The Bertz CT molecular complexity index is 3190. The maximum atomic E-state index is 14.6. The van der Waals surface area contributed by atoms with Crippen LogP contribution in [0.3, 0.4) is 0 Å². The molecule has 0 aromatic heterocycles. The molecule has 2 saturated heterocycles. The first-order chi connectivity index (χ1) is 42.7. The molecule has 0 bridgehead atoms. The molecular formula is C68H94N12O10. The summed E-state index contributed by atoms with van der Waals surface area (Å²) in [6, 6.07) is 8.20. The van der Waals surface area contributed by atoms with E-state index in [1.165, 1.54) is 20.9 Å². The van der Waals surface area contributed by atoms with Gasteiger partial charge in [-0.1, -0.05) is 102 Å². The van der Waals surface area contributed by atoms with E-state index in [2.05, 4.69) is 71.4 Å². The van der Waals surface area contributed by atoms with Gasteiger partial charge in [-0.3, -0.25) is 47.9 Å². The molecule has 22 heteroatoms. The summed E-state index contributed by atoms with van der Waals surface area (Å²) in [6.07, 6.45) is 15.9. The number of likely N-dealkylation sites (tertiary alicyclic amines) is 2. The third-order valence-electron chi connectivity index (χ3n) is 18.4. The zero-order chi connectivity index (χ0) is 65.2. The first kappa shape index (κ1) is 67.9. The van der Waals surface area contributed by atoms with Crippen LogP contribution < -0.4 is 53.2 Å². The lowest BCUT2D eigenvalue weighted by molar-refractivity contribution is -0.144. The van der Waals surface area contributed by atoms with Crippen molar-refractivity contribution in [3.05, 3.63) is 112 Å². The average Bonchev–Trinajstić information content (AvgIpc) is 1.64. The van der Waals surface area contributed by atoms with Crippen molar-refractivity contribution in [2.24, 2.45) is 10.8 Å². The number of aryl methyl sites for hydroxylation is 1. The lowest BCUT2D eigenvalue weighted by atomic mass is 9.82. The van der Waals surface area contributed by atoms with Crippen LogP contribution in [0.25, 0.3) is 5.57 Å². The second kappa shape index (κ2) is 29.8. The summed E-state index contributed by atoms with van der Waals surface area (Å²) in [5, 5.41) is 29.3. The lowest BCUT2D eigenvalue weighted by Crippen LogP contribution is -2.60. The van der Waals surface area contributed by atoms with E-state index in [0.717, 1.165) is 73.6 Å². The Labute approximate surface area is 529 Å². The smallest absolute Gasteiger partial charge is 0.251 e. The fourth-order valence-corrected chi connectivity index (χ4v) is 12.9. The van der Waals surface area contributed by atoms with Crippen LogP contribution in [0.15, 0.2) is 89.6 Å². The topological polar surface area (TPSA) is 297 Å². The quantitative estimate of drug-likeness (QED) is 0.0859. The van der Waals surface area contributed by atoms with Gasteiger partial charge in [0.2, 0.25) is 53.2 Å². The minimum atomic E-state index is -0.981. The van der Waals surface area contributed by atoms with Crippen LogP contribution in [0.2, 0.25) is 0 Å². The van der Waals surface area contributed by atoms with Crippen LogP contribution in [0.4, 0.5) is 0 Å². The maximum absolute atomic E-state index is 14.6. The van der Waals surface area contributed by atoms with Crippen LogP contribution in [0.1, 0.15) is 159 Å². The Balaban J connectivity index is 0.839. The summed E-state index contributed by atoms with van der Waals surface area (Å²) < 4.78 is 0. The molecule has 2 aromatic carbocycles. The normalized spacial score (nSPS) is 22.8. The van der Waals surface area contributed by atoms with Gasteiger partial charge in [0.05, 0.1) is 37.3 Å². The van der Waals surface area contributed by atoms with Crippen molar-refractivity contribution in [1.29, 1.82) is 0 Å². The Morgan fingerprint density at radius 1 is 0.578 bits per heavy atom. The SMILES string of the molecule is CN[C@@H](C)C(=O)N[C@H](C(=O)N1C[C@@H](NC(=O)CNC(=O)c2ccc(C3=CC=C(C(=O)NCC(=O)N[C@H]4C[C@@H](C(=O)N[C@@H]5CCCc6ccccc65)N(C(=O)[C@@H](NC(=O)[C@H](C)NC)C(C)(C)C)C4)CC3)cc2)C[C@H]1C(=O)N[C@@H]1CCCC2=C1CCC=C2)C(C)(C)C. The van der Waals surface area contributed by atoms with Gasteiger partial charge in [-0.15, -0.1) is 0 Å². The number of nitrogens with one attached hydrogen (secondary N) is 10. The summed E-state index contributed by atoms with van der Waals surface area (Å²) in [5.41, 5.74) is 5.72. The van der Waals surface area contributed by atoms with Gasteiger partial charge in [0.25, 0.3) is 5.91 Å². The van der Waals surface area contributed by atoms with Crippen molar-refractivity contribution in [1.82, 2.24) is 63.0 Å². The number of nitrogens with zero attached hydrogens (tertiary/aromatic N) is 2. The van der Waals surface area contributed by atoms with E-state index in [1.807, 2.05) is 65.8 Å². The van der Waals surface area contributed by atoms with Gasteiger partial charge in [-0.05, 0) is 161 Å². The molecule has 0 unspecified atom stereocenters. The van der Waals surface area contributed by atoms with E-state index in [-0.39, 0.29) is 74.7 Å². The molecule has 2 aromatic rings. The number of hydrogen-bond donors (Lipinski definition) is 10. The molecule has 90 heavy (non-hydrogen) atoms. The number of allylic oxidation sites excluding steroid dienone is 6. The number of fused-ring (bicyclic) bond motifs is 1. The van der Waals surface area contributed by atoms with Crippen molar-refractivity contribution in [3.8, 4) is 0 Å². The van der Waals surface area contributed by atoms with Crippen molar-refractivity contribution in [2.75, 3.05) is 40.3 Å². The molecule has 10 N–H and O–H groups in total. The summed E-state index contributed by atoms with van der Waals surface area (Å²) in [5.74, 6) is -4.19. The second-order valence-corrected chi connectivity index (χ2v) is 27.1. The van der Waals surface area contributed by atoms with Gasteiger partial charge in [0.1, 0.15) is 24.2 Å². The first-order valence-corrected chi connectivity index (χ1v) is 32.0. The molecule has 0 saturated carbocycles.